The van der Waals surface area contributed by atoms with Gasteiger partial charge in [0.15, 0.2) is 0 Å². The minimum atomic E-state index is -0.267. The quantitative estimate of drug-likeness (QED) is 0.265. The number of carbonyl (C=O) groups excluding carboxylic acids is 2. The third-order valence-electron chi connectivity index (χ3n) is 8.07. The Bertz CT molecular complexity index is 1410. The lowest BCUT2D eigenvalue weighted by atomic mass is 9.90. The molecule has 0 spiro atoms. The fourth-order valence-electron chi connectivity index (χ4n) is 5.91. The highest BCUT2D eigenvalue weighted by Crippen LogP contribution is 2.35. The van der Waals surface area contributed by atoms with E-state index in [1.807, 2.05) is 25.1 Å². The molecule has 1 aliphatic rings. The molecule has 2 amide bonds. The number of hydrogen-bond donors (Lipinski definition) is 4. The van der Waals surface area contributed by atoms with Gasteiger partial charge in [-0.25, -0.2) is 0 Å². The summed E-state index contributed by atoms with van der Waals surface area (Å²) in [6.07, 6.45) is 2.55. The Morgan fingerprint density at radius 2 is 1.90 bits per heavy atom. The van der Waals surface area contributed by atoms with E-state index in [0.29, 0.717) is 47.2 Å². The Morgan fingerprint density at radius 1 is 1.18 bits per heavy atom. The molecule has 3 N–H and O–H groups in total. The van der Waals surface area contributed by atoms with E-state index < -0.39 is 0 Å². The average Bonchev–Trinajstić information content (AvgIpc) is 3.23. The van der Waals surface area contributed by atoms with Crippen molar-refractivity contribution in [2.24, 2.45) is 5.92 Å². The second-order valence-electron chi connectivity index (χ2n) is 10.6. The molecule has 0 radical (unpaired) electrons. The van der Waals surface area contributed by atoms with Crippen LogP contribution in [-0.4, -0.2) is 65.3 Å². The van der Waals surface area contributed by atoms with Gasteiger partial charge in [0.05, 0.1) is 24.8 Å². The largest absolute Gasteiger partial charge is 0.496 e. The first-order chi connectivity index (χ1) is 19.2. The van der Waals surface area contributed by atoms with Crippen LogP contribution in [0.4, 0.5) is 0 Å². The van der Waals surface area contributed by atoms with Gasteiger partial charge in [-0.3, -0.25) is 14.4 Å². The molecule has 4 rings (SSSR count). The van der Waals surface area contributed by atoms with Gasteiger partial charge >= 0.3 is 0 Å². The number of amides is 2. The first-order valence-corrected chi connectivity index (χ1v) is 14.6. The lowest BCUT2D eigenvalue weighted by Crippen LogP contribution is -2.41. The second kappa shape index (κ2) is 13.4. The fourth-order valence-corrected chi connectivity index (χ4v) is 6.11. The van der Waals surface area contributed by atoms with Crippen molar-refractivity contribution in [2.75, 3.05) is 39.0 Å². The van der Waals surface area contributed by atoms with Crippen LogP contribution in [0.1, 0.15) is 59.5 Å². The molecular weight excluding hydrogens is 526 g/mol. The van der Waals surface area contributed by atoms with Crippen LogP contribution in [0, 0.1) is 19.8 Å². The van der Waals surface area contributed by atoms with Gasteiger partial charge in [-0.15, -0.1) is 0 Å². The van der Waals surface area contributed by atoms with Crippen LogP contribution in [0.3, 0.4) is 0 Å². The number of fused-ring (bicyclic) bond motifs is 1. The Balaban J connectivity index is 1.47. The molecule has 2 aromatic heterocycles. The van der Waals surface area contributed by atoms with Gasteiger partial charge in [0.25, 0.3) is 11.5 Å². The number of aryl methyl sites for hydroxylation is 1. The van der Waals surface area contributed by atoms with Crippen molar-refractivity contribution in [1.29, 1.82) is 0 Å². The zero-order chi connectivity index (χ0) is 28.8. The van der Waals surface area contributed by atoms with Crippen LogP contribution in [0.2, 0.25) is 0 Å². The summed E-state index contributed by atoms with van der Waals surface area (Å²) < 4.78 is 7.70. The summed E-state index contributed by atoms with van der Waals surface area (Å²) in [5, 5.41) is 6.84. The molecule has 0 aliphatic carbocycles. The minimum absolute atomic E-state index is 0.0538. The van der Waals surface area contributed by atoms with Gasteiger partial charge < -0.3 is 29.8 Å². The highest BCUT2D eigenvalue weighted by molar-refractivity contribution is 7.80. The van der Waals surface area contributed by atoms with Gasteiger partial charge in [-0.2, -0.15) is 12.6 Å². The first-order valence-electron chi connectivity index (χ1n) is 14.0. The van der Waals surface area contributed by atoms with E-state index in [1.165, 1.54) is 7.11 Å². The predicted molar refractivity (Wildman–Crippen MR) is 162 cm³/mol. The third kappa shape index (κ3) is 6.55. The number of aromatic nitrogens is 2. The highest BCUT2D eigenvalue weighted by Gasteiger charge is 2.29. The summed E-state index contributed by atoms with van der Waals surface area (Å²) in [4.78, 5) is 43.0. The molecule has 0 bridgehead atoms. The normalized spacial score (nSPS) is 15.2. The summed E-state index contributed by atoms with van der Waals surface area (Å²) in [5.41, 5.74) is 3.43. The van der Waals surface area contributed by atoms with Crippen molar-refractivity contribution in [3.8, 4) is 5.75 Å². The molecular formula is C30H41N5O4S. The number of aromatic amines is 1. The highest BCUT2D eigenvalue weighted by atomic mass is 32.1. The number of pyridine rings is 1. The van der Waals surface area contributed by atoms with Crippen molar-refractivity contribution in [2.45, 2.75) is 52.6 Å². The SMILES string of the molecule is COc1cc(C)[nH]c(=O)c1CNC(=O)c1c(C)n([C@@H](C)C2CCN(CCNC(=O)CCS)CC2)c2ccccc12. The molecule has 3 aromatic rings. The van der Waals surface area contributed by atoms with E-state index in [4.69, 9.17) is 4.74 Å². The number of benzene rings is 1. The molecule has 1 saturated heterocycles. The first kappa shape index (κ1) is 29.7. The number of thiol groups is 1. The number of hydrogen-bond acceptors (Lipinski definition) is 6. The Morgan fingerprint density at radius 3 is 2.60 bits per heavy atom. The van der Waals surface area contributed by atoms with Crippen molar-refractivity contribution in [1.82, 2.24) is 25.1 Å². The lowest BCUT2D eigenvalue weighted by molar-refractivity contribution is -0.120. The van der Waals surface area contributed by atoms with E-state index in [0.717, 1.165) is 49.1 Å². The summed E-state index contributed by atoms with van der Waals surface area (Å²) >= 11 is 4.11. The van der Waals surface area contributed by atoms with Crippen LogP contribution in [0.25, 0.3) is 10.9 Å². The molecule has 1 fully saturated rings. The molecule has 1 atom stereocenters. The summed E-state index contributed by atoms with van der Waals surface area (Å²) in [5.74, 6) is 1.33. The monoisotopic (exact) mass is 567 g/mol. The molecule has 1 aliphatic heterocycles. The Hall–Kier alpha value is -3.24. The summed E-state index contributed by atoms with van der Waals surface area (Å²) in [7, 11) is 1.52. The van der Waals surface area contributed by atoms with Gasteiger partial charge in [0.1, 0.15) is 5.75 Å². The minimum Gasteiger partial charge on any atom is -0.496 e. The molecule has 1 aromatic carbocycles. The van der Waals surface area contributed by atoms with Gasteiger partial charge in [-0.1, -0.05) is 18.2 Å². The predicted octanol–water partition coefficient (Wildman–Crippen LogP) is 3.59. The standard InChI is InChI=1S/C30H41N5O4S/c1-19-17-26(39-4)24(29(37)33-19)18-32-30(38)28-21(3)35(25-8-6-5-7-23(25)28)20(2)22-9-13-34(14-10-22)15-12-31-27(36)11-16-40/h5-8,17,20,22,40H,9-16,18H2,1-4H3,(H,31,36)(H,32,38)(H,33,37)/t20-/m0/s1. The van der Waals surface area contributed by atoms with Crippen LogP contribution in [-0.2, 0) is 11.3 Å². The van der Waals surface area contributed by atoms with Crippen LogP contribution >= 0.6 is 12.6 Å². The van der Waals surface area contributed by atoms with Gasteiger partial charge in [0, 0.05) is 47.8 Å². The average molecular weight is 568 g/mol. The third-order valence-corrected chi connectivity index (χ3v) is 8.29. The number of nitrogens with one attached hydrogen (secondary N) is 3. The second-order valence-corrected chi connectivity index (χ2v) is 11.0. The van der Waals surface area contributed by atoms with E-state index in [-0.39, 0.29) is 30.0 Å². The summed E-state index contributed by atoms with van der Waals surface area (Å²) in [6, 6.07) is 10.00. The topological polar surface area (TPSA) is 108 Å². The van der Waals surface area contributed by atoms with Crippen LogP contribution in [0.5, 0.6) is 5.75 Å². The zero-order valence-electron chi connectivity index (χ0n) is 23.9. The van der Waals surface area contributed by atoms with Gasteiger partial charge in [-0.05, 0) is 70.5 Å². The van der Waals surface area contributed by atoms with E-state index >= 15 is 0 Å². The number of H-pyrrole nitrogens is 1. The smallest absolute Gasteiger partial charge is 0.256 e. The van der Waals surface area contributed by atoms with Gasteiger partial charge in [0.2, 0.25) is 5.91 Å². The number of methoxy groups -OCH3 is 1. The Kier molecular flexibility index (Phi) is 9.97. The fraction of sp³-hybridized carbons (Fsp3) is 0.500. The number of rotatable bonds is 11. The summed E-state index contributed by atoms with van der Waals surface area (Å²) in [6.45, 7) is 9.59. The number of para-hydroxylation sites is 1. The number of likely N-dealkylation sites (tertiary alicyclic amines) is 1. The molecule has 10 heteroatoms. The van der Waals surface area contributed by atoms with Crippen molar-refractivity contribution in [3.05, 3.63) is 63.2 Å². The number of ether oxygens (including phenoxy) is 1. The molecule has 40 heavy (non-hydrogen) atoms. The molecule has 9 nitrogen and oxygen atoms in total. The van der Waals surface area contributed by atoms with Crippen molar-refractivity contribution in [3.63, 3.8) is 0 Å². The number of piperidine rings is 1. The Labute approximate surface area is 241 Å². The number of carbonyl (C=O) groups is 2. The number of nitrogens with zero attached hydrogens (tertiary/aromatic N) is 2. The molecule has 0 unspecified atom stereocenters. The van der Waals surface area contributed by atoms with Crippen molar-refractivity contribution < 1.29 is 14.3 Å². The van der Waals surface area contributed by atoms with E-state index in [9.17, 15) is 14.4 Å². The lowest BCUT2D eigenvalue weighted by Gasteiger charge is -2.36. The maximum Gasteiger partial charge on any atom is 0.256 e. The molecule has 0 saturated carbocycles. The maximum atomic E-state index is 13.6. The van der Waals surface area contributed by atoms with E-state index in [2.05, 4.69) is 50.7 Å². The maximum absolute atomic E-state index is 13.6. The van der Waals surface area contributed by atoms with E-state index in [1.54, 1.807) is 13.0 Å². The van der Waals surface area contributed by atoms with Crippen molar-refractivity contribution >= 4 is 35.3 Å². The van der Waals surface area contributed by atoms with Crippen LogP contribution in [0.15, 0.2) is 35.1 Å². The zero-order valence-corrected chi connectivity index (χ0v) is 24.8. The molecule has 3 heterocycles. The molecule has 216 valence electrons. The van der Waals surface area contributed by atoms with Crippen LogP contribution < -0.4 is 20.9 Å².